The largest absolute Gasteiger partial charge is 0.508 e. The van der Waals surface area contributed by atoms with Gasteiger partial charge in [0, 0.05) is 16.7 Å². The van der Waals surface area contributed by atoms with Crippen molar-refractivity contribution in [2.75, 3.05) is 26.2 Å². The van der Waals surface area contributed by atoms with Crippen molar-refractivity contribution in [1.29, 1.82) is 0 Å². The van der Waals surface area contributed by atoms with E-state index in [2.05, 4.69) is 18.7 Å². The molecule has 3 unspecified atom stereocenters. The van der Waals surface area contributed by atoms with Crippen LogP contribution < -0.4 is 4.74 Å². The van der Waals surface area contributed by atoms with Crippen LogP contribution in [0.2, 0.25) is 0 Å². The molecule has 1 aliphatic heterocycles. The maximum Gasteiger partial charge on any atom is 0.341 e. The van der Waals surface area contributed by atoms with Crippen LogP contribution in [0, 0.1) is 0 Å². The molecule has 45 heavy (non-hydrogen) atoms. The molecule has 3 atom stereocenters. The van der Waals surface area contributed by atoms with Crippen LogP contribution >= 0.6 is 11.6 Å². The molecule has 0 amide bonds. The number of aromatic hydroxyl groups is 1. The molecule has 0 aromatic heterocycles. The van der Waals surface area contributed by atoms with Crippen LogP contribution in [0.25, 0.3) is 0 Å². The highest BCUT2D eigenvalue weighted by atomic mass is 35.5. The number of aliphatic carboxylic acids is 1. The van der Waals surface area contributed by atoms with Crippen LogP contribution in [0.5, 0.6) is 11.5 Å². The highest BCUT2D eigenvalue weighted by Gasteiger charge is 2.64. The molecule has 3 N–H and O–H groups in total. The van der Waals surface area contributed by atoms with E-state index in [0.717, 1.165) is 32.5 Å². The molecule has 4 rings (SSSR count). The van der Waals surface area contributed by atoms with E-state index in [1.54, 1.807) is 54.6 Å². The second-order valence-corrected chi connectivity index (χ2v) is 11.5. The Balaban J connectivity index is 1.80. The van der Waals surface area contributed by atoms with Gasteiger partial charge in [0.2, 0.25) is 5.60 Å². The van der Waals surface area contributed by atoms with Crippen molar-refractivity contribution >= 4 is 29.5 Å². The van der Waals surface area contributed by atoms with E-state index in [1.165, 1.54) is 24.3 Å². The number of carboxylic acids is 1. The fourth-order valence-electron chi connectivity index (χ4n) is 5.48. The lowest BCUT2D eigenvalue weighted by molar-refractivity contribution is -0.219. The average molecular weight is 640 g/mol. The van der Waals surface area contributed by atoms with Crippen LogP contribution in [0.1, 0.15) is 56.2 Å². The number of esters is 2. The van der Waals surface area contributed by atoms with Gasteiger partial charge >= 0.3 is 17.9 Å². The molecule has 3 aromatic rings. The number of aliphatic hydroxyl groups is 1. The Bertz CT molecular complexity index is 1460. The van der Waals surface area contributed by atoms with Crippen molar-refractivity contribution in [3.05, 3.63) is 95.6 Å². The number of phenols is 1. The predicted octanol–water partition coefficient (Wildman–Crippen LogP) is 4.92. The molecular formula is C34H38ClNO9. The zero-order chi connectivity index (χ0) is 32.7. The van der Waals surface area contributed by atoms with Gasteiger partial charge in [0.15, 0.2) is 5.60 Å². The molecule has 3 aromatic carbocycles. The molecule has 0 radical (unpaired) electrons. The van der Waals surface area contributed by atoms with Crippen molar-refractivity contribution in [2.45, 2.75) is 55.8 Å². The Morgan fingerprint density at radius 3 is 2.07 bits per heavy atom. The van der Waals surface area contributed by atoms with Gasteiger partial charge in [-0.05, 0) is 56.7 Å². The van der Waals surface area contributed by atoms with E-state index in [-0.39, 0.29) is 22.4 Å². The number of hydrogen-bond acceptors (Lipinski definition) is 9. The molecule has 240 valence electrons. The van der Waals surface area contributed by atoms with Gasteiger partial charge in [0.05, 0.1) is 19.4 Å². The summed E-state index contributed by atoms with van der Waals surface area (Å²) in [6, 6.07) is 20.4. The lowest BCUT2D eigenvalue weighted by Crippen LogP contribution is -2.58. The van der Waals surface area contributed by atoms with Gasteiger partial charge in [-0.15, -0.1) is 0 Å². The van der Waals surface area contributed by atoms with Crippen LogP contribution in [-0.4, -0.2) is 70.0 Å². The number of rotatable bonds is 13. The fourth-order valence-corrected chi connectivity index (χ4v) is 5.94. The van der Waals surface area contributed by atoms with E-state index >= 15 is 0 Å². The molecule has 0 spiro atoms. The van der Waals surface area contributed by atoms with Crippen LogP contribution in [0.3, 0.4) is 0 Å². The quantitative estimate of drug-likeness (QED) is 0.134. The van der Waals surface area contributed by atoms with Crippen LogP contribution in [-0.2, 0) is 34.5 Å². The van der Waals surface area contributed by atoms with Crippen LogP contribution in [0.4, 0.5) is 0 Å². The minimum absolute atomic E-state index is 0.0801. The highest BCUT2D eigenvalue weighted by molar-refractivity contribution is 6.25. The molecule has 1 heterocycles. The first-order valence-electron chi connectivity index (χ1n) is 14.9. The number of ether oxygens (including phenoxy) is 3. The van der Waals surface area contributed by atoms with Crippen LogP contribution in [0.15, 0.2) is 78.9 Å². The van der Waals surface area contributed by atoms with Gasteiger partial charge in [-0.3, -0.25) is 9.59 Å². The number of carbonyl (C=O) groups is 3. The number of carboxylic acid groups (broad SMARTS) is 1. The second kappa shape index (κ2) is 14.3. The van der Waals surface area contributed by atoms with Gasteiger partial charge in [0.1, 0.15) is 11.5 Å². The lowest BCUT2D eigenvalue weighted by atomic mass is 9.77. The van der Waals surface area contributed by atoms with Gasteiger partial charge in [-0.2, -0.15) is 0 Å². The standard InChI is InChI=1S/C34H38ClNO9/c1-3-36(4-2)20-8-9-21-43-28-18-14-25(15-19-28)33(24-12-16-27(37)17-13-24)34(35,26-10-6-5-7-11-26)45-31(41)32(42,22-29(38)39)23-30(40)44-33/h5-7,10-19,37,42H,3-4,8-9,20-23H2,1-2H3,(H,38,39). The zero-order valence-electron chi connectivity index (χ0n) is 25.3. The van der Waals surface area contributed by atoms with E-state index in [1.807, 2.05) is 0 Å². The summed E-state index contributed by atoms with van der Waals surface area (Å²) in [4.78, 5) is 41.1. The summed E-state index contributed by atoms with van der Waals surface area (Å²) in [6.07, 6.45) is -0.295. The molecule has 0 bridgehead atoms. The summed E-state index contributed by atoms with van der Waals surface area (Å²) < 4.78 is 18.0. The SMILES string of the molecule is CCN(CC)CCCCOc1ccc(C2(c3ccc(O)cc3)OC(=O)CC(O)(CC(=O)O)C(=O)OC2(Cl)c2ccccc2)cc1. The van der Waals surface area contributed by atoms with Gasteiger partial charge in [-0.25, -0.2) is 4.79 Å². The number of halogens is 1. The second-order valence-electron chi connectivity index (χ2n) is 10.9. The number of benzene rings is 3. The third-order valence-electron chi connectivity index (χ3n) is 7.93. The minimum Gasteiger partial charge on any atom is -0.508 e. The third kappa shape index (κ3) is 7.24. The van der Waals surface area contributed by atoms with Gasteiger partial charge < -0.3 is 34.4 Å². The smallest absolute Gasteiger partial charge is 0.341 e. The third-order valence-corrected chi connectivity index (χ3v) is 8.49. The molecule has 0 aliphatic carbocycles. The molecule has 1 saturated heterocycles. The Morgan fingerprint density at radius 2 is 1.49 bits per heavy atom. The zero-order valence-corrected chi connectivity index (χ0v) is 26.0. The molecular weight excluding hydrogens is 602 g/mol. The van der Waals surface area contributed by atoms with Crippen molar-refractivity contribution in [3.63, 3.8) is 0 Å². The number of cyclic esters (lactones) is 2. The van der Waals surface area contributed by atoms with Crippen molar-refractivity contribution in [2.24, 2.45) is 0 Å². The molecule has 11 heteroatoms. The topological polar surface area (TPSA) is 143 Å². The molecule has 10 nitrogen and oxygen atoms in total. The number of hydrogen-bond donors (Lipinski definition) is 3. The Kier molecular flexibility index (Phi) is 10.7. The summed E-state index contributed by atoms with van der Waals surface area (Å²) in [5.41, 5.74) is -4.14. The number of unbranched alkanes of at least 4 members (excludes halogenated alkanes) is 1. The Hall–Kier alpha value is -4.12. The fraction of sp³-hybridized carbons (Fsp3) is 0.382. The maximum absolute atomic E-state index is 13.6. The molecule has 0 saturated carbocycles. The maximum atomic E-state index is 13.6. The first kappa shape index (κ1) is 33.8. The summed E-state index contributed by atoms with van der Waals surface area (Å²) in [5.74, 6) is -3.57. The summed E-state index contributed by atoms with van der Waals surface area (Å²) in [5, 5.41) is 28.2. The number of alkyl halides is 1. The van der Waals surface area contributed by atoms with Crippen molar-refractivity contribution < 1.29 is 43.9 Å². The average Bonchev–Trinajstić information content (AvgIpc) is 3.02. The normalized spacial score (nSPS) is 23.5. The Labute approximate surface area is 267 Å². The monoisotopic (exact) mass is 639 g/mol. The summed E-state index contributed by atoms with van der Waals surface area (Å²) in [6.45, 7) is 7.71. The van der Waals surface area contributed by atoms with Gasteiger partial charge in [-0.1, -0.05) is 80.0 Å². The van der Waals surface area contributed by atoms with Crippen molar-refractivity contribution in [3.8, 4) is 11.5 Å². The first-order valence-corrected chi connectivity index (χ1v) is 15.2. The minimum atomic E-state index is -2.75. The first-order chi connectivity index (χ1) is 21.5. The number of phenolic OH excluding ortho intramolecular Hbond substituents is 1. The molecule has 1 fully saturated rings. The number of nitrogens with zero attached hydrogens (tertiary/aromatic N) is 1. The summed E-state index contributed by atoms with van der Waals surface area (Å²) >= 11 is 7.36. The van der Waals surface area contributed by atoms with E-state index in [4.69, 9.17) is 25.8 Å². The highest BCUT2D eigenvalue weighted by Crippen LogP contribution is 2.55. The molecule has 1 aliphatic rings. The predicted molar refractivity (Wildman–Crippen MR) is 166 cm³/mol. The van der Waals surface area contributed by atoms with E-state index in [9.17, 15) is 29.7 Å². The summed E-state index contributed by atoms with van der Waals surface area (Å²) in [7, 11) is 0. The lowest BCUT2D eigenvalue weighted by Gasteiger charge is -2.48. The van der Waals surface area contributed by atoms with E-state index < -0.39 is 47.0 Å². The van der Waals surface area contributed by atoms with E-state index in [0.29, 0.717) is 12.4 Å². The van der Waals surface area contributed by atoms with Gasteiger partial charge in [0.25, 0.3) is 5.06 Å². The number of carbonyl (C=O) groups excluding carboxylic acids is 2. The Morgan fingerprint density at radius 1 is 0.889 bits per heavy atom. The van der Waals surface area contributed by atoms with Crippen molar-refractivity contribution in [1.82, 2.24) is 4.90 Å².